The highest BCUT2D eigenvalue weighted by atomic mass is 32.2. The number of hydrogen-bond donors (Lipinski definition) is 0. The van der Waals surface area contributed by atoms with Crippen LogP contribution >= 0.6 is 11.8 Å². The number of hydrogen-bond acceptors (Lipinski definition) is 7. The van der Waals surface area contributed by atoms with Gasteiger partial charge in [-0.25, -0.2) is 12.8 Å². The van der Waals surface area contributed by atoms with Gasteiger partial charge >= 0.3 is 0 Å². The molecule has 1 amide bonds. The Bertz CT molecular complexity index is 1210. The summed E-state index contributed by atoms with van der Waals surface area (Å²) in [6.07, 6.45) is 0. The molecule has 0 spiro atoms. The van der Waals surface area contributed by atoms with Gasteiger partial charge in [0.2, 0.25) is 21.1 Å². The van der Waals surface area contributed by atoms with Crippen LogP contribution in [-0.2, 0) is 14.8 Å². The zero-order valence-corrected chi connectivity index (χ0v) is 18.9. The Morgan fingerprint density at radius 2 is 1.75 bits per heavy atom. The maximum atomic E-state index is 13.1. The molecule has 168 valence electrons. The van der Waals surface area contributed by atoms with Crippen molar-refractivity contribution in [2.24, 2.45) is 0 Å². The molecule has 0 N–H and O–H groups in total. The van der Waals surface area contributed by atoms with E-state index >= 15 is 0 Å². The van der Waals surface area contributed by atoms with E-state index in [9.17, 15) is 17.6 Å². The first-order valence-electron chi connectivity index (χ1n) is 9.87. The number of tetrazole rings is 1. The minimum absolute atomic E-state index is 0.0391. The Morgan fingerprint density at radius 1 is 1.06 bits per heavy atom. The molecule has 4 rings (SSSR count). The van der Waals surface area contributed by atoms with Gasteiger partial charge in [0.25, 0.3) is 0 Å². The highest BCUT2D eigenvalue weighted by Crippen LogP contribution is 2.22. The molecule has 2 aromatic carbocycles. The molecule has 0 radical (unpaired) electrons. The molecule has 32 heavy (non-hydrogen) atoms. The summed E-state index contributed by atoms with van der Waals surface area (Å²) >= 11 is 1.23. The number of sulfonamides is 1. The van der Waals surface area contributed by atoms with Crippen LogP contribution in [0.3, 0.4) is 0 Å². The predicted octanol–water partition coefficient (Wildman–Crippen LogP) is 1.74. The van der Waals surface area contributed by atoms with Crippen LogP contribution in [0.2, 0.25) is 0 Å². The fourth-order valence-electron chi connectivity index (χ4n) is 3.37. The van der Waals surface area contributed by atoms with Crippen molar-refractivity contribution in [3.63, 3.8) is 0 Å². The van der Waals surface area contributed by atoms with E-state index in [0.717, 1.165) is 23.4 Å². The number of para-hydroxylation sites is 1. The smallest absolute Gasteiger partial charge is 0.243 e. The van der Waals surface area contributed by atoms with Crippen molar-refractivity contribution in [3.05, 3.63) is 59.9 Å². The molecule has 1 saturated heterocycles. The van der Waals surface area contributed by atoms with E-state index in [1.165, 1.54) is 28.2 Å². The van der Waals surface area contributed by atoms with Gasteiger partial charge in [-0.05, 0) is 53.2 Å². The first kappa shape index (κ1) is 22.4. The van der Waals surface area contributed by atoms with Gasteiger partial charge in [0.05, 0.1) is 16.3 Å². The van der Waals surface area contributed by atoms with Gasteiger partial charge in [0.15, 0.2) is 0 Å². The summed E-state index contributed by atoms with van der Waals surface area (Å²) in [5, 5.41) is 12.3. The zero-order valence-electron chi connectivity index (χ0n) is 17.3. The van der Waals surface area contributed by atoms with Gasteiger partial charge in [0, 0.05) is 26.2 Å². The van der Waals surface area contributed by atoms with E-state index in [1.807, 2.05) is 31.2 Å². The third kappa shape index (κ3) is 4.66. The maximum Gasteiger partial charge on any atom is 0.243 e. The Hall–Kier alpha value is -2.83. The van der Waals surface area contributed by atoms with Gasteiger partial charge < -0.3 is 4.90 Å². The fraction of sp³-hybridized carbons (Fsp3) is 0.300. The molecular formula is C20H21FN6O3S2. The lowest BCUT2D eigenvalue weighted by molar-refractivity contribution is -0.129. The number of benzene rings is 2. The molecule has 0 aliphatic carbocycles. The Labute approximate surface area is 189 Å². The SMILES string of the molecule is Cc1ccccc1-n1nnnc1SCC(=O)N1CCN(S(=O)(=O)c2ccc(F)cc2)CC1. The van der Waals surface area contributed by atoms with Crippen molar-refractivity contribution in [1.82, 2.24) is 29.4 Å². The maximum absolute atomic E-state index is 13.1. The first-order valence-corrected chi connectivity index (χ1v) is 12.3. The summed E-state index contributed by atoms with van der Waals surface area (Å²) in [4.78, 5) is 14.4. The second kappa shape index (κ2) is 9.35. The fourth-order valence-corrected chi connectivity index (χ4v) is 5.58. The summed E-state index contributed by atoms with van der Waals surface area (Å²) in [7, 11) is -3.72. The Kier molecular flexibility index (Phi) is 6.53. The standard InChI is InChI=1S/C20H21FN6O3S2/c1-15-4-2-3-5-18(15)27-20(22-23-24-27)31-14-19(28)25-10-12-26(13-11-25)32(29,30)17-8-6-16(21)7-9-17/h2-9H,10-14H2,1H3. The molecule has 12 heteroatoms. The van der Waals surface area contributed by atoms with E-state index in [4.69, 9.17) is 0 Å². The van der Waals surface area contributed by atoms with Crippen LogP contribution in [0.25, 0.3) is 5.69 Å². The third-order valence-electron chi connectivity index (χ3n) is 5.15. The number of aryl methyl sites for hydroxylation is 1. The number of piperazine rings is 1. The monoisotopic (exact) mass is 476 g/mol. The lowest BCUT2D eigenvalue weighted by Gasteiger charge is -2.34. The molecule has 3 aromatic rings. The highest BCUT2D eigenvalue weighted by molar-refractivity contribution is 7.99. The van der Waals surface area contributed by atoms with Gasteiger partial charge in [-0.15, -0.1) is 5.10 Å². The molecule has 1 aliphatic heterocycles. The minimum atomic E-state index is -3.72. The number of aromatic nitrogens is 4. The van der Waals surface area contributed by atoms with E-state index in [1.54, 1.807) is 9.58 Å². The van der Waals surface area contributed by atoms with Crippen molar-refractivity contribution < 1.29 is 17.6 Å². The van der Waals surface area contributed by atoms with Crippen molar-refractivity contribution in [2.75, 3.05) is 31.9 Å². The first-order chi connectivity index (χ1) is 15.4. The molecule has 1 aromatic heterocycles. The summed E-state index contributed by atoms with van der Waals surface area (Å²) in [6, 6.07) is 12.4. The predicted molar refractivity (Wildman–Crippen MR) is 116 cm³/mol. The molecule has 1 aliphatic rings. The zero-order chi connectivity index (χ0) is 22.7. The number of rotatable bonds is 6. The van der Waals surface area contributed by atoms with Crippen LogP contribution in [0.4, 0.5) is 4.39 Å². The number of nitrogens with zero attached hydrogens (tertiary/aromatic N) is 6. The average Bonchev–Trinajstić information content (AvgIpc) is 3.26. The third-order valence-corrected chi connectivity index (χ3v) is 7.97. The van der Waals surface area contributed by atoms with Crippen LogP contribution in [0, 0.1) is 12.7 Å². The van der Waals surface area contributed by atoms with E-state index in [0.29, 0.717) is 5.16 Å². The van der Waals surface area contributed by atoms with Crippen LogP contribution in [0.5, 0.6) is 0 Å². The van der Waals surface area contributed by atoms with Gasteiger partial charge in [0.1, 0.15) is 5.82 Å². The minimum Gasteiger partial charge on any atom is -0.339 e. The van der Waals surface area contributed by atoms with Gasteiger partial charge in [-0.1, -0.05) is 30.0 Å². The molecule has 0 unspecified atom stereocenters. The summed E-state index contributed by atoms with van der Waals surface area (Å²) in [5.41, 5.74) is 1.85. The van der Waals surface area contributed by atoms with Crippen LogP contribution < -0.4 is 0 Å². The normalized spacial score (nSPS) is 15.1. The topological polar surface area (TPSA) is 101 Å². The number of halogens is 1. The number of amides is 1. The second-order valence-electron chi connectivity index (χ2n) is 7.19. The molecule has 0 saturated carbocycles. The van der Waals surface area contributed by atoms with Crippen LogP contribution in [-0.4, -0.2) is 75.7 Å². The molecular weight excluding hydrogens is 455 g/mol. The lowest BCUT2D eigenvalue weighted by atomic mass is 10.2. The molecule has 9 nitrogen and oxygen atoms in total. The van der Waals surface area contributed by atoms with E-state index in [-0.39, 0.29) is 42.7 Å². The van der Waals surface area contributed by atoms with Crippen molar-refractivity contribution >= 4 is 27.7 Å². The molecule has 2 heterocycles. The quantitative estimate of drug-likeness (QED) is 0.500. The second-order valence-corrected chi connectivity index (χ2v) is 10.1. The van der Waals surface area contributed by atoms with Crippen LogP contribution in [0.15, 0.2) is 58.6 Å². The average molecular weight is 477 g/mol. The van der Waals surface area contributed by atoms with Crippen LogP contribution in [0.1, 0.15) is 5.56 Å². The van der Waals surface area contributed by atoms with Crippen molar-refractivity contribution in [2.45, 2.75) is 17.0 Å². The van der Waals surface area contributed by atoms with Gasteiger partial charge in [-0.2, -0.15) is 8.99 Å². The van der Waals surface area contributed by atoms with E-state index < -0.39 is 15.8 Å². The largest absolute Gasteiger partial charge is 0.339 e. The summed E-state index contributed by atoms with van der Waals surface area (Å²) in [5.74, 6) is -0.477. The van der Waals surface area contributed by atoms with Crippen molar-refractivity contribution in [1.29, 1.82) is 0 Å². The Morgan fingerprint density at radius 3 is 2.44 bits per heavy atom. The highest BCUT2D eigenvalue weighted by Gasteiger charge is 2.30. The number of thioether (sulfide) groups is 1. The summed E-state index contributed by atoms with van der Waals surface area (Å²) in [6.45, 7) is 2.87. The molecule has 0 bridgehead atoms. The van der Waals surface area contributed by atoms with Crippen molar-refractivity contribution in [3.8, 4) is 5.69 Å². The molecule has 1 fully saturated rings. The summed E-state index contributed by atoms with van der Waals surface area (Å²) < 4.78 is 41.5. The Balaban J connectivity index is 1.35. The van der Waals surface area contributed by atoms with E-state index in [2.05, 4.69) is 15.5 Å². The molecule has 0 atom stereocenters. The number of carbonyl (C=O) groups is 1. The van der Waals surface area contributed by atoms with Gasteiger partial charge in [-0.3, -0.25) is 4.79 Å². The lowest BCUT2D eigenvalue weighted by Crippen LogP contribution is -2.50. The number of carbonyl (C=O) groups excluding carboxylic acids is 1.